The van der Waals surface area contributed by atoms with Crippen LogP contribution < -0.4 is 5.56 Å². The van der Waals surface area contributed by atoms with E-state index in [0.29, 0.717) is 32.6 Å². The Morgan fingerprint density at radius 1 is 1.17 bits per heavy atom. The van der Waals surface area contributed by atoms with Crippen molar-refractivity contribution >= 4 is 11.8 Å². The van der Waals surface area contributed by atoms with Gasteiger partial charge in [-0.05, 0) is 24.8 Å². The number of nitrogens with one attached hydrogen (secondary N) is 1. The van der Waals surface area contributed by atoms with E-state index in [9.17, 15) is 14.4 Å². The molecule has 7 nitrogen and oxygen atoms in total. The average Bonchev–Trinajstić information content (AvgIpc) is 3.28. The van der Waals surface area contributed by atoms with Crippen LogP contribution in [0.15, 0.2) is 47.7 Å². The molecule has 0 radical (unpaired) electrons. The fourth-order valence-electron chi connectivity index (χ4n) is 4.96. The Kier molecular flexibility index (Phi) is 5.70. The molecule has 0 unspecified atom stereocenters. The van der Waals surface area contributed by atoms with Crippen LogP contribution in [0, 0.1) is 11.3 Å². The van der Waals surface area contributed by atoms with E-state index in [1.165, 1.54) is 18.1 Å². The van der Waals surface area contributed by atoms with Gasteiger partial charge >= 0.3 is 0 Å². The minimum Gasteiger partial charge on any atom is -0.342 e. The van der Waals surface area contributed by atoms with Gasteiger partial charge in [-0.2, -0.15) is 0 Å². The molecule has 0 spiro atoms. The summed E-state index contributed by atoms with van der Waals surface area (Å²) in [4.78, 5) is 47.8. The lowest BCUT2D eigenvalue weighted by Crippen LogP contribution is -2.40. The van der Waals surface area contributed by atoms with Gasteiger partial charge in [0, 0.05) is 50.1 Å². The molecule has 0 aliphatic carbocycles. The Morgan fingerprint density at radius 2 is 1.90 bits per heavy atom. The zero-order chi connectivity index (χ0) is 21.1. The van der Waals surface area contributed by atoms with Crippen LogP contribution in [0.2, 0.25) is 0 Å². The number of aryl methyl sites for hydroxylation is 1. The minimum absolute atomic E-state index is 0.0783. The predicted molar refractivity (Wildman–Crippen MR) is 113 cm³/mol. The van der Waals surface area contributed by atoms with E-state index in [0.717, 1.165) is 19.3 Å². The summed E-state index contributed by atoms with van der Waals surface area (Å²) >= 11 is 0. The monoisotopic (exact) mass is 408 g/mol. The number of rotatable bonds is 6. The summed E-state index contributed by atoms with van der Waals surface area (Å²) < 4.78 is 0. The normalized spacial score (nSPS) is 22.9. The average molecular weight is 409 g/mol. The van der Waals surface area contributed by atoms with E-state index in [1.54, 1.807) is 4.90 Å². The van der Waals surface area contributed by atoms with Gasteiger partial charge in [-0.1, -0.05) is 37.3 Å². The van der Waals surface area contributed by atoms with Gasteiger partial charge in [0.1, 0.15) is 5.56 Å². The van der Waals surface area contributed by atoms with Crippen molar-refractivity contribution in [2.45, 2.75) is 32.6 Å². The third kappa shape index (κ3) is 3.88. The molecule has 1 aromatic heterocycles. The van der Waals surface area contributed by atoms with Crippen LogP contribution in [0.3, 0.4) is 0 Å². The van der Waals surface area contributed by atoms with Crippen LogP contribution in [-0.4, -0.2) is 57.8 Å². The van der Waals surface area contributed by atoms with E-state index < -0.39 is 5.56 Å². The second-order valence-electron chi connectivity index (χ2n) is 8.55. The van der Waals surface area contributed by atoms with Crippen LogP contribution in [0.25, 0.3) is 0 Å². The van der Waals surface area contributed by atoms with Crippen molar-refractivity contribution in [2.24, 2.45) is 11.3 Å². The summed E-state index contributed by atoms with van der Waals surface area (Å²) in [5.41, 5.74) is 0.793. The van der Waals surface area contributed by atoms with E-state index in [4.69, 9.17) is 0 Å². The highest BCUT2D eigenvalue weighted by atomic mass is 16.2. The van der Waals surface area contributed by atoms with Crippen molar-refractivity contribution in [1.82, 2.24) is 19.8 Å². The first-order chi connectivity index (χ1) is 14.5. The molecule has 2 saturated heterocycles. The number of aromatic nitrogens is 2. The highest BCUT2D eigenvalue weighted by Crippen LogP contribution is 2.46. The topological polar surface area (TPSA) is 86.4 Å². The molecular weight excluding hydrogens is 380 g/mol. The second kappa shape index (κ2) is 8.42. The van der Waals surface area contributed by atoms with Crippen LogP contribution >= 0.6 is 0 Å². The Morgan fingerprint density at radius 3 is 2.63 bits per heavy atom. The zero-order valence-electron chi connectivity index (χ0n) is 17.3. The SMILES string of the molecule is CCCC(=O)N1C[C@@H]2CN(C(=O)c3cnc[nH]c3=O)C[C@]2(CCc2ccccc2)C1. The highest BCUT2D eigenvalue weighted by molar-refractivity contribution is 5.93. The third-order valence-electron chi connectivity index (χ3n) is 6.57. The zero-order valence-corrected chi connectivity index (χ0v) is 17.3. The Balaban J connectivity index is 1.55. The maximum Gasteiger partial charge on any atom is 0.263 e. The minimum atomic E-state index is -0.412. The molecule has 2 aliphatic heterocycles. The number of hydrogen-bond donors (Lipinski definition) is 1. The molecule has 2 aromatic rings. The first-order valence-electron chi connectivity index (χ1n) is 10.7. The number of carbonyl (C=O) groups excluding carboxylic acids is 2. The second-order valence-corrected chi connectivity index (χ2v) is 8.55. The first-order valence-corrected chi connectivity index (χ1v) is 10.7. The van der Waals surface area contributed by atoms with E-state index in [2.05, 4.69) is 22.1 Å². The van der Waals surface area contributed by atoms with Gasteiger partial charge in [-0.15, -0.1) is 0 Å². The molecule has 2 fully saturated rings. The van der Waals surface area contributed by atoms with Gasteiger partial charge < -0.3 is 14.8 Å². The van der Waals surface area contributed by atoms with Gasteiger partial charge in [-0.3, -0.25) is 14.4 Å². The smallest absolute Gasteiger partial charge is 0.263 e. The van der Waals surface area contributed by atoms with Gasteiger partial charge in [0.25, 0.3) is 11.5 Å². The number of carbonyl (C=O) groups is 2. The highest BCUT2D eigenvalue weighted by Gasteiger charge is 2.54. The van der Waals surface area contributed by atoms with Gasteiger partial charge in [0.15, 0.2) is 0 Å². The Bertz CT molecular complexity index is 974. The summed E-state index contributed by atoms with van der Waals surface area (Å²) in [5, 5.41) is 0. The van der Waals surface area contributed by atoms with E-state index in [1.807, 2.05) is 30.0 Å². The molecule has 0 saturated carbocycles. The largest absolute Gasteiger partial charge is 0.342 e. The van der Waals surface area contributed by atoms with Crippen molar-refractivity contribution in [3.05, 3.63) is 64.3 Å². The Hall–Kier alpha value is -2.96. The fraction of sp³-hybridized carbons (Fsp3) is 0.478. The lowest BCUT2D eigenvalue weighted by atomic mass is 9.76. The summed E-state index contributed by atoms with van der Waals surface area (Å²) in [6.07, 6.45) is 5.84. The summed E-state index contributed by atoms with van der Waals surface area (Å²) in [6.45, 7) is 4.51. The Labute approximate surface area is 176 Å². The first kappa shape index (κ1) is 20.3. The molecule has 1 N–H and O–H groups in total. The molecular formula is C23H28N4O3. The van der Waals surface area contributed by atoms with Crippen molar-refractivity contribution in [2.75, 3.05) is 26.2 Å². The van der Waals surface area contributed by atoms with E-state index >= 15 is 0 Å². The number of fused-ring (bicyclic) bond motifs is 1. The molecule has 0 bridgehead atoms. The number of hydrogen-bond acceptors (Lipinski definition) is 4. The number of aromatic amines is 1. The van der Waals surface area contributed by atoms with Crippen molar-refractivity contribution in [3.8, 4) is 0 Å². The summed E-state index contributed by atoms with van der Waals surface area (Å²) in [6, 6.07) is 10.3. The van der Waals surface area contributed by atoms with Crippen molar-refractivity contribution < 1.29 is 9.59 Å². The quantitative estimate of drug-likeness (QED) is 0.793. The van der Waals surface area contributed by atoms with Crippen LogP contribution in [0.1, 0.15) is 42.1 Å². The summed E-state index contributed by atoms with van der Waals surface area (Å²) in [7, 11) is 0. The molecule has 3 heterocycles. The number of benzene rings is 1. The molecule has 2 amide bonds. The summed E-state index contributed by atoms with van der Waals surface area (Å²) in [5.74, 6) is 0.151. The number of likely N-dealkylation sites (tertiary alicyclic amines) is 2. The molecule has 158 valence electrons. The molecule has 7 heteroatoms. The predicted octanol–water partition coefficient (Wildman–Crippen LogP) is 2.10. The van der Waals surface area contributed by atoms with Crippen LogP contribution in [-0.2, 0) is 11.2 Å². The van der Waals surface area contributed by atoms with Crippen molar-refractivity contribution in [1.29, 1.82) is 0 Å². The standard InChI is InChI=1S/C23H28N4O3/c1-2-6-20(28)26-12-18-13-27(22(30)19-11-24-16-25-21(19)29)15-23(18,14-26)10-9-17-7-4-3-5-8-17/h3-5,7-8,11,16,18H,2,6,9-10,12-15H2,1H3,(H,24,25,29)/t18-,23+/m1/s1. The third-order valence-corrected chi connectivity index (χ3v) is 6.57. The van der Waals surface area contributed by atoms with Crippen LogP contribution in [0.5, 0.6) is 0 Å². The lowest BCUT2D eigenvalue weighted by Gasteiger charge is -2.29. The molecule has 1 aromatic carbocycles. The van der Waals surface area contributed by atoms with Crippen LogP contribution in [0.4, 0.5) is 0 Å². The van der Waals surface area contributed by atoms with Crippen molar-refractivity contribution in [3.63, 3.8) is 0 Å². The van der Waals surface area contributed by atoms with E-state index in [-0.39, 0.29) is 28.7 Å². The van der Waals surface area contributed by atoms with Gasteiger partial charge in [0.2, 0.25) is 5.91 Å². The number of nitrogens with zero attached hydrogens (tertiary/aromatic N) is 3. The lowest BCUT2D eigenvalue weighted by molar-refractivity contribution is -0.130. The molecule has 4 rings (SSSR count). The molecule has 2 aliphatic rings. The molecule has 30 heavy (non-hydrogen) atoms. The maximum atomic E-state index is 13.0. The fourth-order valence-corrected chi connectivity index (χ4v) is 4.96. The number of H-pyrrole nitrogens is 1. The maximum absolute atomic E-state index is 13.0. The number of amides is 2. The van der Waals surface area contributed by atoms with Gasteiger partial charge in [0.05, 0.1) is 6.33 Å². The van der Waals surface area contributed by atoms with Gasteiger partial charge in [-0.25, -0.2) is 4.98 Å². The molecule has 2 atom stereocenters.